The van der Waals surface area contributed by atoms with Crippen molar-refractivity contribution >= 4 is 51.7 Å². The molecule has 1 saturated heterocycles. The molecule has 0 bridgehead atoms. The third-order valence-corrected chi connectivity index (χ3v) is 6.15. The molecule has 1 aromatic carbocycles. The summed E-state index contributed by atoms with van der Waals surface area (Å²) in [4.78, 5) is 27.2. The predicted molar refractivity (Wildman–Crippen MR) is 130 cm³/mol. The lowest BCUT2D eigenvalue weighted by atomic mass is 10.2. The van der Waals surface area contributed by atoms with Crippen LogP contribution in [0.25, 0.3) is 10.9 Å². The number of rotatable bonds is 6. The number of nitrogens with zero attached hydrogens (tertiary/aromatic N) is 6. The van der Waals surface area contributed by atoms with E-state index >= 15 is 0 Å². The molecular formula is C20H22Cl2F3N9O. The highest BCUT2D eigenvalue weighted by molar-refractivity contribution is 6.35. The summed E-state index contributed by atoms with van der Waals surface area (Å²) in [5, 5.41) is 5.29. The number of piperazine rings is 1. The molecule has 1 aliphatic heterocycles. The summed E-state index contributed by atoms with van der Waals surface area (Å²) >= 11 is 12.4. The number of alkyl halides is 3. The maximum absolute atomic E-state index is 13.5. The zero-order valence-corrected chi connectivity index (χ0v) is 19.8. The first-order chi connectivity index (χ1) is 16.5. The fourth-order valence-electron chi connectivity index (χ4n) is 3.92. The van der Waals surface area contributed by atoms with Crippen LogP contribution in [0.1, 0.15) is 5.82 Å². The topological polar surface area (TPSA) is 131 Å². The van der Waals surface area contributed by atoms with Crippen molar-refractivity contribution in [1.82, 2.24) is 24.5 Å². The van der Waals surface area contributed by atoms with Gasteiger partial charge in [0.15, 0.2) is 5.82 Å². The van der Waals surface area contributed by atoms with E-state index in [9.17, 15) is 18.0 Å². The van der Waals surface area contributed by atoms with Crippen LogP contribution in [0.2, 0.25) is 10.0 Å². The van der Waals surface area contributed by atoms with Gasteiger partial charge in [-0.3, -0.25) is 9.69 Å². The Morgan fingerprint density at radius 3 is 2.46 bits per heavy atom. The molecule has 3 aromatic rings. The molecule has 0 spiro atoms. The van der Waals surface area contributed by atoms with E-state index in [1.165, 1.54) is 9.58 Å². The Morgan fingerprint density at radius 2 is 1.77 bits per heavy atom. The molecule has 10 nitrogen and oxygen atoms in total. The number of nitrogens with one attached hydrogen (secondary N) is 1. The van der Waals surface area contributed by atoms with Crippen molar-refractivity contribution in [3.63, 3.8) is 0 Å². The number of nitrogens with two attached hydrogens (primary N) is 2. The molecule has 0 unspecified atom stereocenters. The van der Waals surface area contributed by atoms with Gasteiger partial charge in [-0.25, -0.2) is 9.66 Å². The van der Waals surface area contributed by atoms with Gasteiger partial charge < -0.3 is 21.8 Å². The summed E-state index contributed by atoms with van der Waals surface area (Å²) in [5.74, 6) is 0.595. The number of hydrogen-bond acceptors (Lipinski definition) is 9. The zero-order valence-electron chi connectivity index (χ0n) is 18.3. The van der Waals surface area contributed by atoms with Crippen molar-refractivity contribution in [3.05, 3.63) is 44.4 Å². The molecule has 0 saturated carbocycles. The summed E-state index contributed by atoms with van der Waals surface area (Å²) in [7, 11) is 0. The molecule has 188 valence electrons. The number of nitrogen functional groups attached to an aromatic ring is 2. The maximum atomic E-state index is 13.5. The van der Waals surface area contributed by atoms with Crippen LogP contribution in [0.15, 0.2) is 23.0 Å². The van der Waals surface area contributed by atoms with Crippen molar-refractivity contribution in [2.45, 2.75) is 12.6 Å². The first-order valence-electron chi connectivity index (χ1n) is 10.6. The Labute approximate surface area is 207 Å². The Balaban J connectivity index is 1.62. The van der Waals surface area contributed by atoms with Gasteiger partial charge >= 0.3 is 6.18 Å². The molecule has 1 aliphatic rings. The lowest BCUT2D eigenvalue weighted by Gasteiger charge is -2.37. The first kappa shape index (κ1) is 25.1. The number of hydrogen-bond donors (Lipinski definition) is 3. The fourth-order valence-corrected chi connectivity index (χ4v) is 4.32. The standard InChI is InChI=1S/C20H22Cl2F3N9O/c21-11-2-1-3-12-14(11)18(35)34(33-8-6-32(7-9-33)10-20(23,24)25)13(29-12)4-5-28-17-15(22)16(26)30-19(27)31-17/h1-3H,4-10H2,(H5,26,27,28,30,31). The van der Waals surface area contributed by atoms with Gasteiger partial charge in [-0.15, -0.1) is 0 Å². The second kappa shape index (κ2) is 9.91. The third-order valence-electron chi connectivity index (χ3n) is 5.46. The van der Waals surface area contributed by atoms with Gasteiger partial charge in [-0.05, 0) is 12.1 Å². The molecule has 0 atom stereocenters. The Kier molecular flexibility index (Phi) is 7.10. The average Bonchev–Trinajstić information content (AvgIpc) is 2.77. The summed E-state index contributed by atoms with van der Waals surface area (Å²) in [6.45, 7) is -0.0568. The SMILES string of the molecule is Nc1nc(N)c(Cl)c(NCCc2nc3cccc(Cl)c3c(=O)n2N2CCN(CC(F)(F)F)CC2)n1. The molecule has 0 aliphatic carbocycles. The van der Waals surface area contributed by atoms with Crippen molar-refractivity contribution in [2.24, 2.45) is 0 Å². The van der Waals surface area contributed by atoms with Gasteiger partial charge in [0, 0.05) is 39.1 Å². The summed E-state index contributed by atoms with van der Waals surface area (Å²) in [6.07, 6.45) is -4.04. The van der Waals surface area contributed by atoms with E-state index in [4.69, 9.17) is 34.7 Å². The molecular weight excluding hydrogens is 510 g/mol. The van der Waals surface area contributed by atoms with Crippen LogP contribution in [-0.2, 0) is 6.42 Å². The monoisotopic (exact) mass is 531 g/mol. The van der Waals surface area contributed by atoms with E-state index in [-0.39, 0.29) is 72.2 Å². The second-order valence-corrected chi connectivity index (χ2v) is 8.72. The Bertz CT molecular complexity index is 1290. The molecule has 35 heavy (non-hydrogen) atoms. The van der Waals surface area contributed by atoms with Gasteiger partial charge in [0.25, 0.3) is 5.56 Å². The van der Waals surface area contributed by atoms with Crippen molar-refractivity contribution < 1.29 is 13.2 Å². The van der Waals surface area contributed by atoms with Crippen molar-refractivity contribution in [2.75, 3.05) is 61.1 Å². The highest BCUT2D eigenvalue weighted by atomic mass is 35.5. The summed E-state index contributed by atoms with van der Waals surface area (Å²) in [6, 6.07) is 4.95. The number of benzene rings is 1. The lowest BCUT2D eigenvalue weighted by Crippen LogP contribution is -2.56. The van der Waals surface area contributed by atoms with Gasteiger partial charge in [-0.2, -0.15) is 23.1 Å². The van der Waals surface area contributed by atoms with Crippen LogP contribution in [0, 0.1) is 0 Å². The number of halogens is 5. The highest BCUT2D eigenvalue weighted by Crippen LogP contribution is 2.25. The van der Waals surface area contributed by atoms with E-state index in [2.05, 4.69) is 20.3 Å². The molecule has 0 amide bonds. The van der Waals surface area contributed by atoms with E-state index in [0.717, 1.165) is 0 Å². The lowest BCUT2D eigenvalue weighted by molar-refractivity contribution is -0.146. The number of anilines is 3. The van der Waals surface area contributed by atoms with E-state index in [0.29, 0.717) is 11.3 Å². The van der Waals surface area contributed by atoms with E-state index in [1.807, 2.05) is 0 Å². The van der Waals surface area contributed by atoms with Crippen molar-refractivity contribution in [3.8, 4) is 0 Å². The highest BCUT2D eigenvalue weighted by Gasteiger charge is 2.32. The van der Waals surface area contributed by atoms with Gasteiger partial charge in [0.2, 0.25) is 5.95 Å². The minimum atomic E-state index is -4.29. The molecule has 3 heterocycles. The molecule has 0 radical (unpaired) electrons. The van der Waals surface area contributed by atoms with Crippen LogP contribution in [-0.4, -0.2) is 70.0 Å². The third kappa shape index (κ3) is 5.63. The van der Waals surface area contributed by atoms with Crippen LogP contribution >= 0.6 is 23.2 Å². The quantitative estimate of drug-likeness (QED) is 0.437. The molecule has 4 rings (SSSR count). The van der Waals surface area contributed by atoms with Crippen molar-refractivity contribution in [1.29, 1.82) is 0 Å². The summed E-state index contributed by atoms with van der Waals surface area (Å²) < 4.78 is 39.8. The predicted octanol–water partition coefficient (Wildman–Crippen LogP) is 2.13. The first-order valence-corrected chi connectivity index (χ1v) is 11.4. The van der Waals surface area contributed by atoms with E-state index in [1.54, 1.807) is 23.2 Å². The number of aromatic nitrogens is 4. The van der Waals surface area contributed by atoms with Crippen LogP contribution < -0.4 is 27.4 Å². The van der Waals surface area contributed by atoms with Gasteiger partial charge in [-0.1, -0.05) is 29.3 Å². The minimum absolute atomic E-state index is 0.0220. The van der Waals surface area contributed by atoms with E-state index < -0.39 is 18.3 Å². The maximum Gasteiger partial charge on any atom is 0.401 e. The van der Waals surface area contributed by atoms with Crippen LogP contribution in [0.3, 0.4) is 0 Å². The minimum Gasteiger partial charge on any atom is -0.382 e. The summed E-state index contributed by atoms with van der Waals surface area (Å²) in [5.41, 5.74) is 11.4. The molecule has 1 fully saturated rings. The fraction of sp³-hybridized carbons (Fsp3) is 0.400. The largest absolute Gasteiger partial charge is 0.401 e. The second-order valence-electron chi connectivity index (χ2n) is 7.93. The Morgan fingerprint density at radius 1 is 1.06 bits per heavy atom. The molecule has 15 heteroatoms. The van der Waals surface area contributed by atoms with Gasteiger partial charge in [0.05, 0.1) is 22.5 Å². The smallest absolute Gasteiger partial charge is 0.382 e. The van der Waals surface area contributed by atoms with Gasteiger partial charge in [0.1, 0.15) is 16.7 Å². The molecule has 5 N–H and O–H groups in total. The molecule has 2 aromatic heterocycles. The average molecular weight is 532 g/mol. The zero-order chi connectivity index (χ0) is 25.3. The van der Waals surface area contributed by atoms with Crippen LogP contribution in [0.4, 0.5) is 30.8 Å². The Hall–Kier alpha value is -3.03. The normalized spacial score (nSPS) is 15.1. The van der Waals surface area contributed by atoms with Crippen LogP contribution in [0.5, 0.6) is 0 Å². The number of fused-ring (bicyclic) bond motifs is 1.